The third kappa shape index (κ3) is 3.17. The number of aryl methyl sites for hydroxylation is 1. The molecule has 0 aromatic carbocycles. The number of nitrogens with zero attached hydrogens (tertiary/aromatic N) is 2. The van der Waals surface area contributed by atoms with Gasteiger partial charge in [-0.25, -0.2) is 4.68 Å². The van der Waals surface area contributed by atoms with Gasteiger partial charge in [0.15, 0.2) is 12.3 Å². The minimum absolute atomic E-state index is 0.504. The van der Waals surface area contributed by atoms with Gasteiger partial charge in [0.1, 0.15) is 5.69 Å². The molecule has 4 nitrogen and oxygen atoms in total. The van der Waals surface area contributed by atoms with Gasteiger partial charge in [-0.2, -0.15) is 31.4 Å². The standard InChI is InChI=1S/C7H7F6N3O/c1-16-5(17-2-6(8,9)10)3(14)4(15-16)7(11,12)13/h2,14H2,1H3. The fraction of sp³-hybridized carbons (Fsp3) is 0.571. The molecule has 0 saturated heterocycles. The van der Waals surface area contributed by atoms with Gasteiger partial charge in [0.25, 0.3) is 0 Å². The number of nitrogen functional groups attached to an aromatic ring is 1. The molecule has 0 aliphatic heterocycles. The van der Waals surface area contributed by atoms with Crippen LogP contribution in [0, 0.1) is 0 Å². The van der Waals surface area contributed by atoms with E-state index in [0.29, 0.717) is 4.68 Å². The number of hydrogen-bond donors (Lipinski definition) is 1. The molecule has 0 spiro atoms. The van der Waals surface area contributed by atoms with Crippen molar-refractivity contribution in [2.75, 3.05) is 12.3 Å². The van der Waals surface area contributed by atoms with E-state index < -0.39 is 36.2 Å². The summed E-state index contributed by atoms with van der Waals surface area (Å²) in [5.41, 5.74) is 2.58. The van der Waals surface area contributed by atoms with Crippen molar-refractivity contribution in [3.63, 3.8) is 0 Å². The summed E-state index contributed by atoms with van der Waals surface area (Å²) >= 11 is 0. The number of rotatable bonds is 2. The molecular weight excluding hydrogens is 256 g/mol. The third-order valence-corrected chi connectivity index (χ3v) is 1.67. The number of alkyl halides is 6. The van der Waals surface area contributed by atoms with Gasteiger partial charge < -0.3 is 10.5 Å². The van der Waals surface area contributed by atoms with Crippen LogP contribution in [0.3, 0.4) is 0 Å². The van der Waals surface area contributed by atoms with Crippen molar-refractivity contribution in [2.45, 2.75) is 12.4 Å². The lowest BCUT2D eigenvalue weighted by Crippen LogP contribution is -2.20. The maximum absolute atomic E-state index is 12.3. The van der Waals surface area contributed by atoms with E-state index in [-0.39, 0.29) is 0 Å². The SMILES string of the molecule is Cn1nc(C(F)(F)F)c(N)c1OCC(F)(F)F. The van der Waals surface area contributed by atoms with E-state index in [2.05, 4.69) is 9.84 Å². The van der Waals surface area contributed by atoms with Gasteiger partial charge >= 0.3 is 12.4 Å². The Labute approximate surface area is 90.9 Å². The van der Waals surface area contributed by atoms with Crippen molar-refractivity contribution in [1.82, 2.24) is 9.78 Å². The normalized spacial score (nSPS) is 12.9. The van der Waals surface area contributed by atoms with Crippen LogP contribution in [0.5, 0.6) is 5.88 Å². The summed E-state index contributed by atoms with van der Waals surface area (Å²) in [5, 5.41) is 2.96. The maximum atomic E-state index is 12.3. The zero-order valence-electron chi connectivity index (χ0n) is 8.35. The predicted octanol–water partition coefficient (Wildman–Crippen LogP) is 1.96. The average Bonchev–Trinajstić information content (AvgIpc) is 2.37. The second kappa shape index (κ2) is 4.00. The van der Waals surface area contributed by atoms with E-state index in [0.717, 1.165) is 7.05 Å². The van der Waals surface area contributed by atoms with Crippen molar-refractivity contribution in [2.24, 2.45) is 7.05 Å². The summed E-state index contributed by atoms with van der Waals surface area (Å²) in [6.45, 7) is -1.74. The quantitative estimate of drug-likeness (QED) is 0.830. The van der Waals surface area contributed by atoms with Gasteiger partial charge in [-0.3, -0.25) is 0 Å². The lowest BCUT2D eigenvalue weighted by Gasteiger charge is -2.09. The van der Waals surface area contributed by atoms with Gasteiger partial charge in [0.05, 0.1) is 0 Å². The molecule has 1 aromatic rings. The van der Waals surface area contributed by atoms with Gasteiger partial charge in [-0.05, 0) is 0 Å². The van der Waals surface area contributed by atoms with Gasteiger partial charge in [0, 0.05) is 7.05 Å². The Kier molecular flexibility index (Phi) is 3.17. The second-order valence-corrected chi connectivity index (χ2v) is 3.09. The molecule has 0 aliphatic rings. The highest BCUT2D eigenvalue weighted by Gasteiger charge is 2.39. The van der Waals surface area contributed by atoms with E-state index >= 15 is 0 Å². The van der Waals surface area contributed by atoms with Crippen molar-refractivity contribution in [1.29, 1.82) is 0 Å². The monoisotopic (exact) mass is 263 g/mol. The first-order valence-electron chi connectivity index (χ1n) is 4.11. The molecule has 1 aromatic heterocycles. The molecule has 0 fully saturated rings. The van der Waals surface area contributed by atoms with Crippen LogP contribution in [-0.4, -0.2) is 22.6 Å². The van der Waals surface area contributed by atoms with Crippen LogP contribution in [0.1, 0.15) is 5.69 Å². The average molecular weight is 263 g/mol. The Bertz CT molecular complexity index is 407. The fourth-order valence-electron chi connectivity index (χ4n) is 1.06. The van der Waals surface area contributed by atoms with Crippen molar-refractivity contribution < 1.29 is 31.1 Å². The first-order chi connectivity index (χ1) is 7.52. The Hall–Kier alpha value is -1.61. The highest BCUT2D eigenvalue weighted by molar-refractivity contribution is 5.54. The van der Waals surface area contributed by atoms with E-state index in [1.165, 1.54) is 0 Å². The zero-order valence-corrected chi connectivity index (χ0v) is 8.35. The highest BCUT2D eigenvalue weighted by Crippen LogP contribution is 2.37. The van der Waals surface area contributed by atoms with Crippen LogP contribution in [0.25, 0.3) is 0 Å². The van der Waals surface area contributed by atoms with Crippen LogP contribution >= 0.6 is 0 Å². The summed E-state index contributed by atoms with van der Waals surface area (Å²) < 4.78 is 77.0. The van der Waals surface area contributed by atoms with E-state index in [1.807, 2.05) is 0 Å². The first-order valence-corrected chi connectivity index (χ1v) is 4.11. The lowest BCUT2D eigenvalue weighted by molar-refractivity contribution is -0.154. The number of anilines is 1. The highest BCUT2D eigenvalue weighted by atomic mass is 19.4. The molecule has 2 N–H and O–H groups in total. The number of nitrogens with two attached hydrogens (primary N) is 1. The van der Waals surface area contributed by atoms with E-state index in [1.54, 1.807) is 0 Å². The molecule has 0 saturated carbocycles. The molecule has 17 heavy (non-hydrogen) atoms. The Morgan fingerprint density at radius 1 is 1.24 bits per heavy atom. The Morgan fingerprint density at radius 3 is 2.12 bits per heavy atom. The summed E-state index contributed by atoms with van der Waals surface area (Å²) in [7, 11) is 0.997. The second-order valence-electron chi connectivity index (χ2n) is 3.09. The number of ether oxygens (including phenoxy) is 1. The molecule has 0 amide bonds. The molecule has 0 atom stereocenters. The molecule has 1 rings (SSSR count). The predicted molar refractivity (Wildman–Crippen MR) is 44.2 cm³/mol. The van der Waals surface area contributed by atoms with Crippen LogP contribution in [0.4, 0.5) is 32.0 Å². The number of hydrogen-bond acceptors (Lipinski definition) is 3. The van der Waals surface area contributed by atoms with Gasteiger partial charge in [-0.1, -0.05) is 0 Å². The molecule has 98 valence electrons. The summed E-state index contributed by atoms with van der Waals surface area (Å²) in [5.74, 6) is -0.769. The summed E-state index contributed by atoms with van der Waals surface area (Å²) in [4.78, 5) is 0. The lowest BCUT2D eigenvalue weighted by atomic mass is 10.3. The van der Waals surface area contributed by atoms with Crippen molar-refractivity contribution in [3.05, 3.63) is 5.69 Å². The van der Waals surface area contributed by atoms with Crippen LogP contribution in [-0.2, 0) is 13.2 Å². The van der Waals surface area contributed by atoms with E-state index in [4.69, 9.17) is 5.73 Å². The molecule has 0 unspecified atom stereocenters. The molecule has 10 heteroatoms. The summed E-state index contributed by atoms with van der Waals surface area (Å²) in [6, 6.07) is 0. The van der Waals surface area contributed by atoms with Crippen molar-refractivity contribution >= 4 is 5.69 Å². The smallest absolute Gasteiger partial charge is 0.437 e. The van der Waals surface area contributed by atoms with Crippen LogP contribution in [0.15, 0.2) is 0 Å². The van der Waals surface area contributed by atoms with Crippen LogP contribution < -0.4 is 10.5 Å². The minimum atomic E-state index is -4.85. The van der Waals surface area contributed by atoms with Gasteiger partial charge in [0.2, 0.25) is 5.88 Å². The topological polar surface area (TPSA) is 53.1 Å². The Morgan fingerprint density at radius 2 is 1.76 bits per heavy atom. The molecule has 0 radical (unpaired) electrons. The van der Waals surface area contributed by atoms with Crippen molar-refractivity contribution in [3.8, 4) is 5.88 Å². The molecular formula is C7H7F6N3O. The number of halogens is 6. The van der Waals surface area contributed by atoms with E-state index in [9.17, 15) is 26.3 Å². The molecule has 1 heterocycles. The summed E-state index contributed by atoms with van der Waals surface area (Å²) in [6.07, 6.45) is -9.52. The zero-order chi connectivity index (χ0) is 13.4. The molecule has 0 bridgehead atoms. The maximum Gasteiger partial charge on any atom is 0.437 e. The third-order valence-electron chi connectivity index (χ3n) is 1.67. The van der Waals surface area contributed by atoms with Gasteiger partial charge in [-0.15, -0.1) is 0 Å². The first kappa shape index (κ1) is 13.5. The Balaban J connectivity index is 2.99. The largest absolute Gasteiger partial charge is 0.467 e. The fourth-order valence-corrected chi connectivity index (χ4v) is 1.06. The minimum Gasteiger partial charge on any atom is -0.467 e. The van der Waals surface area contributed by atoms with Crippen LogP contribution in [0.2, 0.25) is 0 Å². The molecule has 0 aliphatic carbocycles. The number of aromatic nitrogens is 2.